The molecule has 5 atom stereocenters. The molecule has 3 rings (SSSR count). The summed E-state index contributed by atoms with van der Waals surface area (Å²) < 4.78 is 31.5. The van der Waals surface area contributed by atoms with E-state index in [9.17, 15) is 24.1 Å². The molecule has 1 fully saturated rings. The Hall–Kier alpha value is -2.98. The zero-order chi connectivity index (χ0) is 26.6. The third-order valence-corrected chi connectivity index (χ3v) is 7.53. The molecule has 1 aromatic carbocycles. The Kier molecular flexibility index (Phi) is 8.73. The molecule has 1 aromatic heterocycles. The number of H-pyrrole nitrogens is 1. The molecule has 0 spiro atoms. The van der Waals surface area contributed by atoms with Crippen molar-refractivity contribution in [2.75, 3.05) is 13.2 Å². The van der Waals surface area contributed by atoms with Crippen LogP contribution < -0.4 is 20.9 Å². The van der Waals surface area contributed by atoms with Gasteiger partial charge in [-0.1, -0.05) is 24.8 Å². The number of aromatic amines is 1. The molecule has 3 N–H and O–H groups in total. The van der Waals surface area contributed by atoms with E-state index in [2.05, 4.69) is 16.7 Å². The summed E-state index contributed by atoms with van der Waals surface area (Å²) in [4.78, 5) is 38.6. The van der Waals surface area contributed by atoms with Crippen molar-refractivity contribution in [1.29, 1.82) is 0 Å². The summed E-state index contributed by atoms with van der Waals surface area (Å²) in [6, 6.07) is 6.76. The van der Waals surface area contributed by atoms with Crippen molar-refractivity contribution in [3.05, 3.63) is 75.1 Å². The first-order valence-corrected chi connectivity index (χ1v) is 13.1. The van der Waals surface area contributed by atoms with Crippen LogP contribution in [-0.4, -0.2) is 46.0 Å². The molecule has 36 heavy (non-hydrogen) atoms. The molecule has 0 radical (unpaired) electrons. The maximum Gasteiger partial charge on any atom is 0.459 e. The first-order valence-electron chi connectivity index (χ1n) is 11.5. The lowest BCUT2D eigenvalue weighted by atomic mass is 9.66. The Morgan fingerprint density at radius 2 is 1.92 bits per heavy atom. The van der Waals surface area contributed by atoms with E-state index < -0.39 is 48.9 Å². The number of carbonyl (C=O) groups is 1. The first-order chi connectivity index (χ1) is 17.0. The third-order valence-electron chi connectivity index (χ3n) is 5.88. The van der Waals surface area contributed by atoms with Crippen LogP contribution in [0.5, 0.6) is 5.75 Å². The van der Waals surface area contributed by atoms with Crippen molar-refractivity contribution >= 4 is 13.7 Å². The third kappa shape index (κ3) is 6.22. The largest absolute Gasteiger partial charge is 0.462 e. The molecule has 1 aliphatic carbocycles. The number of hydrogen-bond donors (Lipinski definition) is 3. The SMILES string of the molecule is C=C1[C@@H](n2cc(C)c(=O)[nH]c2=O)[C@H](CO)[C@H]1COP(=O)(NC(C)C(=O)OC(C)C)Oc1ccccc1. The van der Waals surface area contributed by atoms with Gasteiger partial charge in [0.05, 0.1) is 18.8 Å². The van der Waals surface area contributed by atoms with Crippen molar-refractivity contribution in [2.24, 2.45) is 11.8 Å². The van der Waals surface area contributed by atoms with E-state index in [1.807, 2.05) is 0 Å². The van der Waals surface area contributed by atoms with Crippen LogP contribution in [-0.2, 0) is 18.6 Å². The van der Waals surface area contributed by atoms with E-state index in [0.717, 1.165) is 0 Å². The molecule has 0 aliphatic heterocycles. The number of esters is 1. The number of para-hydroxylation sites is 1. The molecule has 11 nitrogen and oxygen atoms in total. The zero-order valence-electron chi connectivity index (χ0n) is 20.7. The van der Waals surface area contributed by atoms with Gasteiger partial charge < -0.3 is 14.4 Å². The topological polar surface area (TPSA) is 149 Å². The molecule has 0 amide bonds. The number of aromatic nitrogens is 2. The minimum Gasteiger partial charge on any atom is -0.462 e. The van der Waals surface area contributed by atoms with E-state index in [-0.39, 0.29) is 25.1 Å². The van der Waals surface area contributed by atoms with Crippen LogP contribution in [0.2, 0.25) is 0 Å². The van der Waals surface area contributed by atoms with Crippen LogP contribution in [0.4, 0.5) is 0 Å². The molecular formula is C24H32N3O8P. The summed E-state index contributed by atoms with van der Waals surface area (Å²) in [6.07, 6.45) is 1.06. The summed E-state index contributed by atoms with van der Waals surface area (Å²) >= 11 is 0. The number of carbonyl (C=O) groups excluding carboxylic acids is 1. The van der Waals surface area contributed by atoms with Gasteiger partial charge in [-0.2, -0.15) is 5.09 Å². The Balaban J connectivity index is 1.78. The molecule has 1 saturated carbocycles. The second-order valence-electron chi connectivity index (χ2n) is 8.99. The number of aliphatic hydroxyl groups is 1. The standard InChI is InChI=1S/C24H32N3O8P/c1-14(2)34-23(30)17(5)26-36(32,35-18-9-7-6-8-10-18)33-13-20-16(4)21(19(20)12-28)27-11-15(3)22(29)25-24(27)31/h6-11,14,17,19-21,28H,4,12-13H2,1-3,5H3,(H,26,32)(H,25,29,31)/t17?,19-,20+,21-,36?/m1/s1. The average Bonchev–Trinajstić information content (AvgIpc) is 2.80. The Morgan fingerprint density at radius 3 is 2.53 bits per heavy atom. The fraction of sp³-hybridized carbons (Fsp3) is 0.458. The van der Waals surface area contributed by atoms with Crippen LogP contribution in [0.1, 0.15) is 32.4 Å². The number of benzene rings is 1. The first kappa shape index (κ1) is 27.6. The van der Waals surface area contributed by atoms with Gasteiger partial charge in [-0.05, 0) is 45.4 Å². The lowest BCUT2D eigenvalue weighted by molar-refractivity contribution is -0.149. The molecule has 0 bridgehead atoms. The van der Waals surface area contributed by atoms with Crippen molar-refractivity contribution in [1.82, 2.24) is 14.6 Å². The van der Waals surface area contributed by atoms with Gasteiger partial charge in [0, 0.05) is 30.2 Å². The summed E-state index contributed by atoms with van der Waals surface area (Å²) in [5.74, 6) is -1.32. The maximum absolute atomic E-state index is 13.7. The summed E-state index contributed by atoms with van der Waals surface area (Å²) in [7, 11) is -4.10. The average molecular weight is 522 g/mol. The van der Waals surface area contributed by atoms with E-state index in [1.54, 1.807) is 51.1 Å². The van der Waals surface area contributed by atoms with Gasteiger partial charge in [0.2, 0.25) is 0 Å². The van der Waals surface area contributed by atoms with Gasteiger partial charge in [-0.25, -0.2) is 9.36 Å². The Morgan fingerprint density at radius 1 is 1.25 bits per heavy atom. The number of rotatable bonds is 11. The quantitative estimate of drug-likeness (QED) is 0.230. The van der Waals surface area contributed by atoms with Crippen LogP contribution >= 0.6 is 7.75 Å². The van der Waals surface area contributed by atoms with Crippen molar-refractivity contribution in [3.8, 4) is 5.75 Å². The van der Waals surface area contributed by atoms with E-state index >= 15 is 0 Å². The predicted octanol–water partition coefficient (Wildman–Crippen LogP) is 2.31. The Bertz CT molecular complexity index is 1260. The van der Waals surface area contributed by atoms with Crippen LogP contribution in [0, 0.1) is 18.8 Å². The number of ether oxygens (including phenoxy) is 1. The zero-order valence-corrected chi connectivity index (χ0v) is 21.6. The maximum atomic E-state index is 13.7. The van der Waals surface area contributed by atoms with Crippen molar-refractivity contribution in [3.63, 3.8) is 0 Å². The molecule has 2 aromatic rings. The second kappa shape index (κ2) is 11.4. The van der Waals surface area contributed by atoms with Crippen molar-refractivity contribution in [2.45, 2.75) is 45.9 Å². The van der Waals surface area contributed by atoms with E-state index in [1.165, 1.54) is 17.7 Å². The summed E-state index contributed by atoms with van der Waals surface area (Å²) in [5.41, 5.74) is -0.212. The van der Waals surface area contributed by atoms with Gasteiger partial charge in [0.25, 0.3) is 5.56 Å². The number of aliphatic hydroxyl groups excluding tert-OH is 1. The Labute approximate surface area is 208 Å². The minimum absolute atomic E-state index is 0.166. The minimum atomic E-state index is -4.10. The van der Waals surface area contributed by atoms with Gasteiger partial charge in [0.1, 0.15) is 11.8 Å². The highest BCUT2D eigenvalue weighted by Crippen LogP contribution is 2.51. The molecule has 12 heteroatoms. The molecular weight excluding hydrogens is 489 g/mol. The number of nitrogens with one attached hydrogen (secondary N) is 2. The van der Waals surface area contributed by atoms with E-state index in [0.29, 0.717) is 11.1 Å². The van der Waals surface area contributed by atoms with Gasteiger partial charge in [0.15, 0.2) is 0 Å². The number of nitrogens with zero attached hydrogens (tertiary/aromatic N) is 1. The van der Waals surface area contributed by atoms with Crippen LogP contribution in [0.3, 0.4) is 0 Å². The second-order valence-corrected chi connectivity index (χ2v) is 10.7. The molecule has 1 heterocycles. The fourth-order valence-electron chi connectivity index (χ4n) is 4.02. The van der Waals surface area contributed by atoms with Crippen molar-refractivity contribution < 1.29 is 28.3 Å². The van der Waals surface area contributed by atoms with Crippen LogP contribution in [0.25, 0.3) is 0 Å². The highest BCUT2D eigenvalue weighted by molar-refractivity contribution is 7.52. The lowest BCUT2D eigenvalue weighted by Crippen LogP contribution is -2.49. The fourth-order valence-corrected chi connectivity index (χ4v) is 5.53. The van der Waals surface area contributed by atoms with Gasteiger partial charge >= 0.3 is 19.4 Å². The highest BCUT2D eigenvalue weighted by Gasteiger charge is 2.47. The molecule has 0 saturated heterocycles. The van der Waals surface area contributed by atoms with E-state index in [4.69, 9.17) is 13.8 Å². The van der Waals surface area contributed by atoms with Gasteiger partial charge in [-0.3, -0.25) is 23.7 Å². The molecule has 196 valence electrons. The monoisotopic (exact) mass is 521 g/mol. The molecule has 2 unspecified atom stereocenters. The normalized spacial score (nSPS) is 21.9. The molecule has 1 aliphatic rings. The number of hydrogen-bond acceptors (Lipinski definition) is 8. The smallest absolute Gasteiger partial charge is 0.459 e. The predicted molar refractivity (Wildman–Crippen MR) is 133 cm³/mol. The van der Waals surface area contributed by atoms with Crippen LogP contribution in [0.15, 0.2) is 58.3 Å². The lowest BCUT2D eigenvalue weighted by Gasteiger charge is -2.46. The summed E-state index contributed by atoms with van der Waals surface area (Å²) in [5, 5.41) is 12.6. The number of aryl methyl sites for hydroxylation is 1. The summed E-state index contributed by atoms with van der Waals surface area (Å²) in [6.45, 7) is 10.0. The van der Waals surface area contributed by atoms with Gasteiger partial charge in [-0.15, -0.1) is 0 Å². The highest BCUT2D eigenvalue weighted by atomic mass is 31.2.